The number of nitrogens with one attached hydrogen (secondary N) is 1. The zero-order chi connectivity index (χ0) is 16.9. The summed E-state index contributed by atoms with van der Waals surface area (Å²) in [6.07, 6.45) is 5.81. The number of nitrogens with zero attached hydrogens (tertiary/aromatic N) is 2. The molecule has 0 bridgehead atoms. The van der Waals surface area contributed by atoms with Gasteiger partial charge in [-0.25, -0.2) is 9.18 Å². The van der Waals surface area contributed by atoms with Crippen molar-refractivity contribution in [3.8, 4) is 0 Å². The van der Waals surface area contributed by atoms with Crippen LogP contribution in [0.25, 0.3) is 0 Å². The summed E-state index contributed by atoms with van der Waals surface area (Å²) in [5.41, 5.74) is 0.621. The van der Waals surface area contributed by atoms with Crippen molar-refractivity contribution >= 4 is 22.0 Å². The molecule has 0 unspecified atom stereocenters. The first kappa shape index (κ1) is 17.7. The minimum Gasteiger partial charge on any atom is -0.338 e. The lowest BCUT2D eigenvalue weighted by atomic mass is 10.1. The minimum atomic E-state index is -0.224. The Bertz CT molecular complexity index is 569. The lowest BCUT2D eigenvalue weighted by molar-refractivity contribution is 0.110. The number of halogens is 2. The Labute approximate surface area is 151 Å². The van der Waals surface area contributed by atoms with Crippen molar-refractivity contribution in [3.05, 3.63) is 34.1 Å². The quantitative estimate of drug-likeness (QED) is 0.844. The van der Waals surface area contributed by atoms with Crippen LogP contribution in [0.4, 0.5) is 9.18 Å². The van der Waals surface area contributed by atoms with E-state index in [1.165, 1.54) is 31.7 Å². The Morgan fingerprint density at radius 3 is 2.62 bits per heavy atom. The second-order valence-corrected chi connectivity index (χ2v) is 7.59. The third-order valence-corrected chi connectivity index (χ3v) is 5.61. The van der Waals surface area contributed by atoms with Gasteiger partial charge in [-0.2, -0.15) is 0 Å². The van der Waals surface area contributed by atoms with Crippen LogP contribution < -0.4 is 5.32 Å². The fourth-order valence-corrected chi connectivity index (χ4v) is 4.12. The Hall–Kier alpha value is -1.14. The zero-order valence-corrected chi connectivity index (χ0v) is 15.5. The van der Waals surface area contributed by atoms with Gasteiger partial charge in [0.15, 0.2) is 0 Å². The molecule has 24 heavy (non-hydrogen) atoms. The molecule has 2 aliphatic rings. The van der Waals surface area contributed by atoms with Crippen molar-refractivity contribution in [2.75, 3.05) is 32.7 Å². The maximum Gasteiger partial charge on any atom is 0.317 e. The SMILES string of the molecule is O=C(NCCc1cc(Br)ccc1F)N1CCN(C2CCCC2)CC1. The number of urea groups is 1. The number of carbonyl (C=O) groups excluding carboxylic acids is 1. The van der Waals surface area contributed by atoms with Crippen LogP contribution in [-0.4, -0.2) is 54.6 Å². The molecular weight excluding hydrogens is 373 g/mol. The van der Waals surface area contributed by atoms with E-state index < -0.39 is 0 Å². The molecule has 1 aliphatic carbocycles. The van der Waals surface area contributed by atoms with Gasteiger partial charge in [-0.05, 0) is 43.0 Å². The van der Waals surface area contributed by atoms with Gasteiger partial charge in [0.05, 0.1) is 0 Å². The molecule has 0 aromatic heterocycles. The highest BCUT2D eigenvalue weighted by Crippen LogP contribution is 2.24. The first-order valence-electron chi connectivity index (χ1n) is 8.84. The molecule has 4 nitrogen and oxygen atoms in total. The molecule has 0 spiro atoms. The molecule has 1 N–H and O–H groups in total. The first-order valence-corrected chi connectivity index (χ1v) is 9.63. The van der Waals surface area contributed by atoms with Crippen LogP contribution in [0, 0.1) is 5.82 Å². The summed E-state index contributed by atoms with van der Waals surface area (Å²) >= 11 is 3.35. The zero-order valence-electron chi connectivity index (χ0n) is 13.9. The van der Waals surface area contributed by atoms with E-state index in [0.29, 0.717) is 18.5 Å². The smallest absolute Gasteiger partial charge is 0.317 e. The van der Waals surface area contributed by atoms with E-state index in [2.05, 4.69) is 26.1 Å². The van der Waals surface area contributed by atoms with E-state index in [-0.39, 0.29) is 11.8 Å². The molecule has 1 aromatic carbocycles. The fraction of sp³-hybridized carbons (Fsp3) is 0.611. The molecule has 1 aliphatic heterocycles. The maximum absolute atomic E-state index is 13.7. The van der Waals surface area contributed by atoms with Crippen LogP contribution >= 0.6 is 15.9 Å². The first-order chi connectivity index (χ1) is 11.6. The standard InChI is InChI=1S/C18H25BrFN3O/c19-15-5-6-17(20)14(13-15)7-8-21-18(24)23-11-9-22(10-12-23)16-3-1-2-4-16/h5-6,13,16H,1-4,7-12H2,(H,21,24). The Kier molecular flexibility index (Phi) is 6.11. The minimum absolute atomic E-state index is 0.0310. The summed E-state index contributed by atoms with van der Waals surface area (Å²) in [4.78, 5) is 16.7. The van der Waals surface area contributed by atoms with Crippen molar-refractivity contribution in [2.45, 2.75) is 38.1 Å². The lowest BCUT2D eigenvalue weighted by Gasteiger charge is -2.38. The van der Waals surface area contributed by atoms with Crippen LogP contribution in [0.5, 0.6) is 0 Å². The third kappa shape index (κ3) is 4.48. The van der Waals surface area contributed by atoms with E-state index in [9.17, 15) is 9.18 Å². The molecule has 132 valence electrons. The van der Waals surface area contributed by atoms with Gasteiger partial charge in [-0.3, -0.25) is 4.90 Å². The number of amides is 2. The molecule has 1 heterocycles. The number of hydrogen-bond donors (Lipinski definition) is 1. The van der Waals surface area contributed by atoms with Crippen LogP contribution in [0.3, 0.4) is 0 Å². The molecule has 3 rings (SSSR count). The predicted octanol–water partition coefficient (Wildman–Crippen LogP) is 3.40. The lowest BCUT2D eigenvalue weighted by Crippen LogP contribution is -2.53. The molecule has 2 amide bonds. The van der Waals surface area contributed by atoms with Crippen molar-refractivity contribution < 1.29 is 9.18 Å². The highest BCUT2D eigenvalue weighted by Gasteiger charge is 2.27. The van der Waals surface area contributed by atoms with E-state index in [1.807, 2.05) is 4.90 Å². The third-order valence-electron chi connectivity index (χ3n) is 5.12. The van der Waals surface area contributed by atoms with E-state index >= 15 is 0 Å². The largest absolute Gasteiger partial charge is 0.338 e. The van der Waals surface area contributed by atoms with Gasteiger partial charge < -0.3 is 10.2 Å². The van der Waals surface area contributed by atoms with Crippen LogP contribution in [-0.2, 0) is 6.42 Å². The maximum atomic E-state index is 13.7. The summed E-state index contributed by atoms with van der Waals surface area (Å²) in [6, 6.07) is 5.60. The van der Waals surface area contributed by atoms with E-state index in [4.69, 9.17) is 0 Å². The molecule has 1 saturated heterocycles. The summed E-state index contributed by atoms with van der Waals surface area (Å²) in [5.74, 6) is -0.224. The predicted molar refractivity (Wildman–Crippen MR) is 96.6 cm³/mol. The molecule has 0 atom stereocenters. The fourth-order valence-electron chi connectivity index (χ4n) is 3.71. The summed E-state index contributed by atoms with van der Waals surface area (Å²) in [7, 11) is 0. The van der Waals surface area contributed by atoms with Crippen molar-refractivity contribution in [2.24, 2.45) is 0 Å². The summed E-state index contributed by atoms with van der Waals surface area (Å²) < 4.78 is 14.5. The molecule has 2 fully saturated rings. The number of benzene rings is 1. The van der Waals surface area contributed by atoms with Crippen LogP contribution in [0.15, 0.2) is 22.7 Å². The van der Waals surface area contributed by atoms with Crippen LogP contribution in [0.2, 0.25) is 0 Å². The number of carbonyl (C=O) groups is 1. The Balaban J connectivity index is 1.40. The van der Waals surface area contributed by atoms with Gasteiger partial charge in [0.25, 0.3) is 0 Å². The van der Waals surface area contributed by atoms with Gasteiger partial charge in [-0.15, -0.1) is 0 Å². The molecule has 6 heteroatoms. The Morgan fingerprint density at radius 2 is 1.92 bits per heavy atom. The summed E-state index contributed by atoms with van der Waals surface area (Å²) in [6.45, 7) is 3.97. The van der Waals surface area contributed by atoms with Crippen molar-refractivity contribution in [1.29, 1.82) is 0 Å². The van der Waals surface area contributed by atoms with E-state index in [1.54, 1.807) is 12.1 Å². The number of piperazine rings is 1. The van der Waals surface area contributed by atoms with Crippen LogP contribution in [0.1, 0.15) is 31.2 Å². The number of hydrogen-bond acceptors (Lipinski definition) is 2. The van der Waals surface area contributed by atoms with Gasteiger partial charge >= 0.3 is 6.03 Å². The van der Waals surface area contributed by atoms with Gasteiger partial charge in [0.2, 0.25) is 0 Å². The van der Waals surface area contributed by atoms with E-state index in [0.717, 1.165) is 36.7 Å². The molecular formula is C18H25BrFN3O. The second kappa shape index (κ2) is 8.30. The van der Waals surface area contributed by atoms with Crippen molar-refractivity contribution in [1.82, 2.24) is 15.1 Å². The molecule has 1 saturated carbocycles. The van der Waals surface area contributed by atoms with Gasteiger partial charge in [0, 0.05) is 43.2 Å². The number of rotatable bonds is 4. The average Bonchev–Trinajstić information content (AvgIpc) is 3.12. The van der Waals surface area contributed by atoms with Crippen molar-refractivity contribution in [3.63, 3.8) is 0 Å². The Morgan fingerprint density at radius 1 is 1.21 bits per heavy atom. The normalized spacial score (nSPS) is 19.7. The average molecular weight is 398 g/mol. The topological polar surface area (TPSA) is 35.6 Å². The highest BCUT2D eigenvalue weighted by molar-refractivity contribution is 9.10. The monoisotopic (exact) mass is 397 g/mol. The summed E-state index contributed by atoms with van der Waals surface area (Å²) in [5, 5.41) is 2.92. The molecule has 1 aromatic rings. The van der Waals surface area contributed by atoms with Gasteiger partial charge in [-0.1, -0.05) is 28.8 Å². The molecule has 0 radical (unpaired) electrons. The van der Waals surface area contributed by atoms with Gasteiger partial charge in [0.1, 0.15) is 5.82 Å². The second-order valence-electron chi connectivity index (χ2n) is 6.68. The highest BCUT2D eigenvalue weighted by atomic mass is 79.9.